The molecule has 1 heterocycles. The molecule has 0 spiro atoms. The molecule has 2 N–H and O–H groups in total. The van der Waals surface area contributed by atoms with Crippen LogP contribution in [0.4, 0.5) is 4.39 Å². The molecular formula is C19H31FN4O3. The summed E-state index contributed by atoms with van der Waals surface area (Å²) in [4.78, 5) is 6.47. The number of nitrogens with one attached hydrogen (secondary N) is 2. The van der Waals surface area contributed by atoms with Gasteiger partial charge in [0.15, 0.2) is 12.8 Å². The fourth-order valence-corrected chi connectivity index (χ4v) is 2.93. The Bertz CT molecular complexity index is 613. The number of hydrogen-bond donors (Lipinski definition) is 2. The normalized spacial score (nSPS) is 14.0. The molecule has 0 amide bonds. The van der Waals surface area contributed by atoms with E-state index in [1.165, 1.54) is 12.1 Å². The van der Waals surface area contributed by atoms with Gasteiger partial charge in [-0.3, -0.25) is 4.99 Å². The molecule has 152 valence electrons. The van der Waals surface area contributed by atoms with E-state index in [4.69, 9.17) is 14.2 Å². The quantitative estimate of drug-likeness (QED) is 0.362. The van der Waals surface area contributed by atoms with Crippen molar-refractivity contribution in [2.45, 2.75) is 19.4 Å². The Balaban J connectivity index is 1.73. The van der Waals surface area contributed by atoms with Gasteiger partial charge >= 0.3 is 0 Å². The first-order valence-corrected chi connectivity index (χ1v) is 9.28. The number of nitrogens with zero attached hydrogens (tertiary/aromatic N) is 2. The number of ether oxygens (including phenoxy) is 3. The van der Waals surface area contributed by atoms with E-state index in [-0.39, 0.29) is 12.6 Å². The number of likely N-dealkylation sites (N-methyl/N-ethyl adjacent to an activating group) is 1. The van der Waals surface area contributed by atoms with Crippen molar-refractivity contribution in [2.75, 3.05) is 60.8 Å². The van der Waals surface area contributed by atoms with E-state index in [0.29, 0.717) is 19.6 Å². The first kappa shape index (κ1) is 21.4. The van der Waals surface area contributed by atoms with Crippen LogP contribution in [0.3, 0.4) is 0 Å². The lowest BCUT2D eigenvalue weighted by molar-refractivity contribution is -0.0172. The smallest absolute Gasteiger partial charge is 0.191 e. The molecule has 1 aliphatic heterocycles. The Hall–Kier alpha value is -1.90. The largest absolute Gasteiger partial charge is 0.467 e. The first-order chi connectivity index (χ1) is 13.1. The van der Waals surface area contributed by atoms with Crippen LogP contribution >= 0.6 is 0 Å². The van der Waals surface area contributed by atoms with Gasteiger partial charge < -0.3 is 29.7 Å². The molecule has 0 unspecified atom stereocenters. The van der Waals surface area contributed by atoms with Gasteiger partial charge in [-0.2, -0.15) is 0 Å². The molecule has 0 saturated carbocycles. The molecule has 27 heavy (non-hydrogen) atoms. The number of rotatable bonds is 10. The number of aliphatic imine (C=N–C) groups is 1. The van der Waals surface area contributed by atoms with Crippen LogP contribution in [-0.4, -0.2) is 71.6 Å². The van der Waals surface area contributed by atoms with Crippen LogP contribution < -0.4 is 15.4 Å². The van der Waals surface area contributed by atoms with Gasteiger partial charge in [-0.15, -0.1) is 0 Å². The highest BCUT2D eigenvalue weighted by Crippen LogP contribution is 2.29. The summed E-state index contributed by atoms with van der Waals surface area (Å²) in [5.74, 6) is 1.21. The van der Waals surface area contributed by atoms with Gasteiger partial charge in [0.1, 0.15) is 11.6 Å². The molecule has 1 aliphatic rings. The maximum atomic E-state index is 13.8. The molecule has 1 aromatic rings. The second kappa shape index (κ2) is 11.7. The predicted molar refractivity (Wildman–Crippen MR) is 104 cm³/mol. The third kappa shape index (κ3) is 7.32. The monoisotopic (exact) mass is 382 g/mol. The van der Waals surface area contributed by atoms with Crippen LogP contribution in [0, 0.1) is 5.82 Å². The zero-order chi connectivity index (χ0) is 19.5. The van der Waals surface area contributed by atoms with Crippen molar-refractivity contribution < 1.29 is 18.6 Å². The summed E-state index contributed by atoms with van der Waals surface area (Å²) in [6, 6.07) is 2.99. The summed E-state index contributed by atoms with van der Waals surface area (Å²) >= 11 is 0. The number of methoxy groups -OCH3 is 1. The van der Waals surface area contributed by atoms with E-state index in [9.17, 15) is 4.39 Å². The van der Waals surface area contributed by atoms with E-state index in [1.807, 2.05) is 0 Å². The average molecular weight is 382 g/mol. The summed E-state index contributed by atoms with van der Waals surface area (Å²) in [6.07, 6.45) is 1.66. The molecular weight excluding hydrogens is 351 g/mol. The van der Waals surface area contributed by atoms with Crippen LogP contribution in [0.5, 0.6) is 5.75 Å². The fourth-order valence-electron chi connectivity index (χ4n) is 2.93. The molecule has 0 radical (unpaired) electrons. The lowest BCUT2D eigenvalue weighted by Crippen LogP contribution is -2.41. The predicted octanol–water partition coefficient (Wildman–Crippen LogP) is 1.37. The van der Waals surface area contributed by atoms with Crippen LogP contribution in [-0.2, 0) is 22.5 Å². The maximum Gasteiger partial charge on any atom is 0.191 e. The van der Waals surface area contributed by atoms with Crippen LogP contribution in [0.1, 0.15) is 17.5 Å². The number of halogens is 1. The Labute approximate surface area is 160 Å². The third-order valence-corrected chi connectivity index (χ3v) is 4.34. The molecule has 0 saturated heterocycles. The van der Waals surface area contributed by atoms with E-state index >= 15 is 0 Å². The fraction of sp³-hybridized carbons (Fsp3) is 0.632. The summed E-state index contributed by atoms with van der Waals surface area (Å²) in [5.41, 5.74) is 1.60. The Morgan fingerprint density at radius 2 is 2.11 bits per heavy atom. The SMILES string of the molecule is CN=C(NCCc1cc(F)cc2c1OCOC2)NCCN(C)CCCOC. The van der Waals surface area contributed by atoms with Crippen molar-refractivity contribution in [2.24, 2.45) is 4.99 Å². The van der Waals surface area contributed by atoms with Crippen LogP contribution in [0.15, 0.2) is 17.1 Å². The number of guanidine groups is 1. The Morgan fingerprint density at radius 3 is 2.89 bits per heavy atom. The lowest BCUT2D eigenvalue weighted by atomic mass is 10.1. The van der Waals surface area contributed by atoms with Gasteiger partial charge in [-0.25, -0.2) is 4.39 Å². The zero-order valence-electron chi connectivity index (χ0n) is 16.5. The molecule has 0 fully saturated rings. The lowest BCUT2D eigenvalue weighted by Gasteiger charge is -2.21. The third-order valence-electron chi connectivity index (χ3n) is 4.34. The van der Waals surface area contributed by atoms with E-state index in [2.05, 4.69) is 27.6 Å². The van der Waals surface area contributed by atoms with Gasteiger partial charge in [0.25, 0.3) is 0 Å². The topological polar surface area (TPSA) is 67.4 Å². The van der Waals surface area contributed by atoms with E-state index < -0.39 is 0 Å². The highest BCUT2D eigenvalue weighted by molar-refractivity contribution is 5.79. The van der Waals surface area contributed by atoms with Crippen molar-refractivity contribution in [1.82, 2.24) is 15.5 Å². The molecule has 1 aromatic carbocycles. The van der Waals surface area contributed by atoms with Gasteiger partial charge in [-0.1, -0.05) is 0 Å². The van der Waals surface area contributed by atoms with Gasteiger partial charge in [-0.05, 0) is 37.6 Å². The molecule has 7 nitrogen and oxygen atoms in total. The van der Waals surface area contributed by atoms with Crippen molar-refractivity contribution in [1.29, 1.82) is 0 Å². The van der Waals surface area contributed by atoms with Gasteiger partial charge in [0, 0.05) is 52.5 Å². The highest BCUT2D eigenvalue weighted by atomic mass is 19.1. The van der Waals surface area contributed by atoms with E-state index in [1.54, 1.807) is 14.2 Å². The van der Waals surface area contributed by atoms with Gasteiger partial charge in [0.2, 0.25) is 0 Å². The van der Waals surface area contributed by atoms with Gasteiger partial charge in [0.05, 0.1) is 6.61 Å². The maximum absolute atomic E-state index is 13.8. The highest BCUT2D eigenvalue weighted by Gasteiger charge is 2.16. The minimum atomic E-state index is -0.267. The Morgan fingerprint density at radius 1 is 1.30 bits per heavy atom. The van der Waals surface area contributed by atoms with Crippen LogP contribution in [0.25, 0.3) is 0 Å². The molecule has 0 atom stereocenters. The second-order valence-electron chi connectivity index (χ2n) is 6.49. The minimum Gasteiger partial charge on any atom is -0.467 e. The number of hydrogen-bond acceptors (Lipinski definition) is 5. The molecule has 0 bridgehead atoms. The molecule has 0 aromatic heterocycles. The number of fused-ring (bicyclic) bond motifs is 1. The standard InChI is InChI=1S/C19H31FN4O3/c1-21-19(23-7-9-24(2)8-4-10-25-3)22-6-5-15-11-17(20)12-16-13-26-14-27-18(15)16/h11-12H,4-10,13-14H2,1-3H3,(H2,21,22,23). The summed E-state index contributed by atoms with van der Waals surface area (Å²) in [7, 11) is 5.54. The molecule has 8 heteroatoms. The summed E-state index contributed by atoms with van der Waals surface area (Å²) < 4.78 is 29.6. The zero-order valence-corrected chi connectivity index (χ0v) is 16.5. The summed E-state index contributed by atoms with van der Waals surface area (Å²) in [6.45, 7) is 4.70. The number of benzene rings is 1. The first-order valence-electron chi connectivity index (χ1n) is 9.28. The van der Waals surface area contributed by atoms with Crippen LogP contribution in [0.2, 0.25) is 0 Å². The second-order valence-corrected chi connectivity index (χ2v) is 6.49. The summed E-state index contributed by atoms with van der Waals surface area (Å²) in [5, 5.41) is 6.55. The van der Waals surface area contributed by atoms with E-state index in [0.717, 1.165) is 55.5 Å². The average Bonchev–Trinajstić information content (AvgIpc) is 2.66. The Kier molecular flexibility index (Phi) is 9.30. The molecule has 2 rings (SSSR count). The van der Waals surface area contributed by atoms with Crippen molar-refractivity contribution >= 4 is 5.96 Å². The van der Waals surface area contributed by atoms with Crippen molar-refractivity contribution in [3.63, 3.8) is 0 Å². The molecule has 0 aliphatic carbocycles. The minimum absolute atomic E-state index is 0.209. The van der Waals surface area contributed by atoms with Crippen molar-refractivity contribution in [3.05, 3.63) is 29.1 Å². The van der Waals surface area contributed by atoms with Crippen molar-refractivity contribution in [3.8, 4) is 5.75 Å².